The van der Waals surface area contributed by atoms with E-state index in [9.17, 15) is 4.39 Å². The third-order valence-corrected chi connectivity index (χ3v) is 4.79. The van der Waals surface area contributed by atoms with Crippen LogP contribution in [0, 0.1) is 19.7 Å². The Labute approximate surface area is 130 Å². The number of halogens is 4. The molecule has 0 aromatic heterocycles. The van der Waals surface area contributed by atoms with E-state index in [-0.39, 0.29) is 5.82 Å². The SMILES string of the molecule is Cc1cc(C(Cl)c2cccc(F)c2Br)c(C)cc1Cl. The van der Waals surface area contributed by atoms with Crippen molar-refractivity contribution in [1.82, 2.24) is 0 Å². The normalized spacial score (nSPS) is 12.5. The standard InChI is InChI=1S/C15H12BrCl2F/c1-8-7-12(17)9(2)6-11(8)15(18)10-4-3-5-13(19)14(10)16/h3-7,15H,1-2H3. The second kappa shape index (κ2) is 5.82. The molecule has 0 bridgehead atoms. The van der Waals surface area contributed by atoms with Crippen LogP contribution in [-0.4, -0.2) is 0 Å². The van der Waals surface area contributed by atoms with E-state index in [0.717, 1.165) is 16.7 Å². The minimum absolute atomic E-state index is 0.313. The summed E-state index contributed by atoms with van der Waals surface area (Å²) in [5.41, 5.74) is 3.61. The summed E-state index contributed by atoms with van der Waals surface area (Å²) >= 11 is 15.8. The van der Waals surface area contributed by atoms with Crippen molar-refractivity contribution in [2.75, 3.05) is 0 Å². The number of benzene rings is 2. The average molecular weight is 362 g/mol. The molecule has 1 atom stereocenters. The quantitative estimate of drug-likeness (QED) is 0.559. The van der Waals surface area contributed by atoms with Crippen molar-refractivity contribution in [3.8, 4) is 0 Å². The fourth-order valence-electron chi connectivity index (χ4n) is 1.96. The maximum Gasteiger partial charge on any atom is 0.137 e. The molecule has 0 N–H and O–H groups in total. The number of hydrogen-bond acceptors (Lipinski definition) is 0. The van der Waals surface area contributed by atoms with Gasteiger partial charge in [-0.25, -0.2) is 4.39 Å². The van der Waals surface area contributed by atoms with Crippen LogP contribution in [0.5, 0.6) is 0 Å². The number of aryl methyl sites for hydroxylation is 2. The molecule has 0 nitrogen and oxygen atoms in total. The van der Waals surface area contributed by atoms with Crippen molar-refractivity contribution < 1.29 is 4.39 Å². The molecule has 0 radical (unpaired) electrons. The maximum atomic E-state index is 13.6. The van der Waals surface area contributed by atoms with Gasteiger partial charge in [-0.3, -0.25) is 0 Å². The van der Waals surface area contributed by atoms with Crippen LogP contribution in [0.3, 0.4) is 0 Å². The van der Waals surface area contributed by atoms with Gasteiger partial charge < -0.3 is 0 Å². The van der Waals surface area contributed by atoms with Gasteiger partial charge in [0.2, 0.25) is 0 Å². The first-order valence-corrected chi connectivity index (χ1v) is 7.37. The Kier molecular flexibility index (Phi) is 4.54. The van der Waals surface area contributed by atoms with Gasteiger partial charge in [0.15, 0.2) is 0 Å². The average Bonchev–Trinajstić information content (AvgIpc) is 2.36. The molecule has 2 aromatic carbocycles. The number of hydrogen-bond donors (Lipinski definition) is 0. The highest BCUT2D eigenvalue weighted by Crippen LogP contribution is 2.37. The first kappa shape index (κ1) is 14.8. The minimum Gasteiger partial charge on any atom is -0.206 e. The van der Waals surface area contributed by atoms with E-state index in [4.69, 9.17) is 23.2 Å². The Balaban J connectivity index is 2.53. The summed E-state index contributed by atoms with van der Waals surface area (Å²) in [6, 6.07) is 8.70. The van der Waals surface area contributed by atoms with Crippen LogP contribution in [0.2, 0.25) is 5.02 Å². The molecule has 0 amide bonds. The minimum atomic E-state index is -0.416. The lowest BCUT2D eigenvalue weighted by molar-refractivity contribution is 0.618. The van der Waals surface area contributed by atoms with Crippen molar-refractivity contribution in [2.45, 2.75) is 19.2 Å². The Morgan fingerprint density at radius 3 is 2.47 bits per heavy atom. The Morgan fingerprint density at radius 1 is 1.11 bits per heavy atom. The van der Waals surface area contributed by atoms with Crippen molar-refractivity contribution in [2.24, 2.45) is 0 Å². The molecule has 0 spiro atoms. The molecule has 0 saturated carbocycles. The fraction of sp³-hybridized carbons (Fsp3) is 0.200. The highest BCUT2D eigenvalue weighted by Gasteiger charge is 2.18. The molecular weight excluding hydrogens is 350 g/mol. The second-order valence-corrected chi connectivity index (χ2v) is 6.10. The van der Waals surface area contributed by atoms with Gasteiger partial charge in [-0.15, -0.1) is 11.6 Å². The molecule has 19 heavy (non-hydrogen) atoms. The molecule has 0 aliphatic carbocycles. The van der Waals surface area contributed by atoms with Gasteiger partial charge in [0.25, 0.3) is 0 Å². The molecule has 0 heterocycles. The Morgan fingerprint density at radius 2 is 1.79 bits per heavy atom. The maximum absolute atomic E-state index is 13.6. The molecule has 0 aliphatic heterocycles. The van der Waals surface area contributed by atoms with E-state index in [1.807, 2.05) is 32.0 Å². The highest BCUT2D eigenvalue weighted by molar-refractivity contribution is 9.10. The van der Waals surface area contributed by atoms with Crippen LogP contribution in [0.1, 0.15) is 27.6 Å². The van der Waals surface area contributed by atoms with Crippen molar-refractivity contribution in [3.63, 3.8) is 0 Å². The fourth-order valence-corrected chi connectivity index (χ4v) is 3.22. The van der Waals surface area contributed by atoms with Crippen LogP contribution in [0.15, 0.2) is 34.8 Å². The van der Waals surface area contributed by atoms with Crippen LogP contribution >= 0.6 is 39.1 Å². The first-order valence-electron chi connectivity index (χ1n) is 5.76. The summed E-state index contributed by atoms with van der Waals surface area (Å²) in [4.78, 5) is 0. The van der Waals surface area contributed by atoms with Crippen molar-refractivity contribution in [3.05, 3.63) is 67.9 Å². The van der Waals surface area contributed by atoms with Gasteiger partial charge in [-0.05, 0) is 64.2 Å². The first-order chi connectivity index (χ1) is 8.91. The number of alkyl halides is 1. The molecule has 2 rings (SSSR count). The summed E-state index contributed by atoms with van der Waals surface area (Å²) in [7, 11) is 0. The van der Waals surface area contributed by atoms with Crippen molar-refractivity contribution >= 4 is 39.1 Å². The van der Waals surface area contributed by atoms with Crippen LogP contribution in [0.25, 0.3) is 0 Å². The molecule has 100 valence electrons. The van der Waals surface area contributed by atoms with Gasteiger partial charge in [0, 0.05) is 5.02 Å². The largest absolute Gasteiger partial charge is 0.206 e. The van der Waals surface area contributed by atoms with Gasteiger partial charge in [-0.1, -0.05) is 29.8 Å². The zero-order chi connectivity index (χ0) is 14.2. The molecule has 0 saturated heterocycles. The summed E-state index contributed by atoms with van der Waals surface area (Å²) in [6.45, 7) is 3.87. The van der Waals surface area contributed by atoms with E-state index in [0.29, 0.717) is 15.1 Å². The topological polar surface area (TPSA) is 0 Å². The van der Waals surface area contributed by atoms with Gasteiger partial charge in [0.05, 0.1) is 9.85 Å². The Bertz CT molecular complexity index is 626. The van der Waals surface area contributed by atoms with Crippen molar-refractivity contribution in [1.29, 1.82) is 0 Å². The monoisotopic (exact) mass is 360 g/mol. The lowest BCUT2D eigenvalue weighted by Gasteiger charge is -2.16. The van der Waals surface area contributed by atoms with Crippen LogP contribution in [-0.2, 0) is 0 Å². The zero-order valence-electron chi connectivity index (χ0n) is 10.5. The molecule has 0 fully saturated rings. The zero-order valence-corrected chi connectivity index (χ0v) is 13.6. The third-order valence-electron chi connectivity index (χ3n) is 3.07. The van der Waals surface area contributed by atoms with Gasteiger partial charge in [0.1, 0.15) is 5.82 Å². The smallest absolute Gasteiger partial charge is 0.137 e. The van der Waals surface area contributed by atoms with Crippen LogP contribution < -0.4 is 0 Å². The van der Waals surface area contributed by atoms with E-state index < -0.39 is 5.38 Å². The molecule has 2 aromatic rings. The van der Waals surface area contributed by atoms with E-state index >= 15 is 0 Å². The second-order valence-electron chi connectivity index (χ2n) is 4.46. The summed E-state index contributed by atoms with van der Waals surface area (Å²) in [6.07, 6.45) is 0. The molecular formula is C15H12BrCl2F. The summed E-state index contributed by atoms with van der Waals surface area (Å²) in [5, 5.41) is 0.296. The van der Waals surface area contributed by atoms with Crippen LogP contribution in [0.4, 0.5) is 4.39 Å². The van der Waals surface area contributed by atoms with Gasteiger partial charge in [-0.2, -0.15) is 0 Å². The van der Waals surface area contributed by atoms with E-state index in [1.165, 1.54) is 6.07 Å². The third kappa shape index (κ3) is 2.96. The summed E-state index contributed by atoms with van der Waals surface area (Å²) in [5.74, 6) is -0.313. The Hall–Kier alpha value is -0.570. The van der Waals surface area contributed by atoms with E-state index in [1.54, 1.807) is 6.07 Å². The molecule has 1 unspecified atom stereocenters. The van der Waals surface area contributed by atoms with E-state index in [2.05, 4.69) is 15.9 Å². The summed E-state index contributed by atoms with van der Waals surface area (Å²) < 4.78 is 14.0. The predicted molar refractivity (Wildman–Crippen MR) is 82.7 cm³/mol. The predicted octanol–water partition coefficient (Wildman–Crippen LogP) is 6.19. The number of rotatable bonds is 2. The molecule has 4 heteroatoms. The highest BCUT2D eigenvalue weighted by atomic mass is 79.9. The van der Waals surface area contributed by atoms with Gasteiger partial charge >= 0.3 is 0 Å². The molecule has 0 aliphatic rings. The lowest BCUT2D eigenvalue weighted by Crippen LogP contribution is -1.99. The lowest BCUT2D eigenvalue weighted by atomic mass is 9.98.